The van der Waals surface area contributed by atoms with Crippen LogP contribution in [-0.2, 0) is 13.1 Å². The molecular formula is C17H24N2OS. The molecule has 4 heteroatoms. The van der Waals surface area contributed by atoms with Crippen LogP contribution >= 0.6 is 11.8 Å². The molecule has 3 nitrogen and oxygen atoms in total. The molecule has 1 N–H and O–H groups in total. The van der Waals surface area contributed by atoms with Gasteiger partial charge in [-0.15, -0.1) is 0 Å². The van der Waals surface area contributed by atoms with Crippen molar-refractivity contribution < 1.29 is 4.42 Å². The Kier molecular flexibility index (Phi) is 4.88. The second-order valence-corrected chi connectivity index (χ2v) is 6.82. The van der Waals surface area contributed by atoms with Crippen molar-refractivity contribution >= 4 is 22.7 Å². The standard InChI is InChI=1S/C17H24N2OS/c1-3-18-10-17-15(11-19-8-9-21-12-13(19)2)14-6-4-5-7-16(14)20-17/h4-7,13,18H,3,8-12H2,1-2H3. The van der Waals surface area contributed by atoms with E-state index in [1.165, 1.54) is 29.0 Å². The summed E-state index contributed by atoms with van der Waals surface area (Å²) in [6, 6.07) is 9.06. The Labute approximate surface area is 131 Å². The summed E-state index contributed by atoms with van der Waals surface area (Å²) in [6.45, 7) is 8.42. The summed E-state index contributed by atoms with van der Waals surface area (Å²) < 4.78 is 6.08. The number of hydrogen-bond acceptors (Lipinski definition) is 4. The van der Waals surface area contributed by atoms with Gasteiger partial charge in [0.05, 0.1) is 6.54 Å². The SMILES string of the molecule is CCNCc1oc2ccccc2c1CN1CCSCC1C. The van der Waals surface area contributed by atoms with Crippen molar-refractivity contribution in [2.75, 3.05) is 24.6 Å². The highest BCUT2D eigenvalue weighted by atomic mass is 32.2. The third-order valence-corrected chi connectivity index (χ3v) is 5.37. The van der Waals surface area contributed by atoms with Crippen LogP contribution in [0, 0.1) is 0 Å². The third kappa shape index (κ3) is 3.28. The van der Waals surface area contributed by atoms with E-state index in [0.717, 1.165) is 31.0 Å². The van der Waals surface area contributed by atoms with Crippen molar-refractivity contribution in [2.45, 2.75) is 33.0 Å². The molecule has 1 aliphatic rings. The van der Waals surface area contributed by atoms with Gasteiger partial charge in [0.1, 0.15) is 11.3 Å². The van der Waals surface area contributed by atoms with E-state index in [1.54, 1.807) is 0 Å². The summed E-state index contributed by atoms with van der Waals surface area (Å²) in [6.07, 6.45) is 0. The topological polar surface area (TPSA) is 28.4 Å². The van der Waals surface area contributed by atoms with Crippen molar-refractivity contribution in [1.29, 1.82) is 0 Å². The van der Waals surface area contributed by atoms with Gasteiger partial charge >= 0.3 is 0 Å². The first-order chi connectivity index (χ1) is 10.3. The first-order valence-corrected chi connectivity index (χ1v) is 8.97. The molecule has 0 aliphatic carbocycles. The Morgan fingerprint density at radius 1 is 1.38 bits per heavy atom. The Bertz CT molecular complexity index is 595. The molecule has 3 rings (SSSR count). The van der Waals surface area contributed by atoms with Crippen LogP contribution in [-0.4, -0.2) is 35.5 Å². The maximum Gasteiger partial charge on any atom is 0.134 e. The van der Waals surface area contributed by atoms with E-state index in [1.807, 2.05) is 6.07 Å². The molecule has 21 heavy (non-hydrogen) atoms. The molecule has 1 aliphatic heterocycles. The largest absolute Gasteiger partial charge is 0.459 e. The molecule has 1 fully saturated rings. The number of benzene rings is 1. The zero-order valence-electron chi connectivity index (χ0n) is 12.9. The average Bonchev–Trinajstić information content (AvgIpc) is 2.85. The molecular weight excluding hydrogens is 280 g/mol. The zero-order valence-corrected chi connectivity index (χ0v) is 13.7. The minimum Gasteiger partial charge on any atom is -0.459 e. The van der Waals surface area contributed by atoms with Gasteiger partial charge in [0.2, 0.25) is 0 Å². The number of furan rings is 1. The molecule has 0 spiro atoms. The zero-order chi connectivity index (χ0) is 14.7. The molecule has 0 saturated carbocycles. The van der Waals surface area contributed by atoms with E-state index in [4.69, 9.17) is 4.42 Å². The Balaban J connectivity index is 1.90. The summed E-state index contributed by atoms with van der Waals surface area (Å²) in [5.74, 6) is 3.57. The fraction of sp³-hybridized carbons (Fsp3) is 0.529. The van der Waals surface area contributed by atoms with Gasteiger partial charge in [-0.25, -0.2) is 0 Å². The fourth-order valence-corrected chi connectivity index (χ4v) is 3.99. The van der Waals surface area contributed by atoms with Crippen molar-refractivity contribution in [2.24, 2.45) is 0 Å². The highest BCUT2D eigenvalue weighted by molar-refractivity contribution is 7.99. The lowest BCUT2D eigenvalue weighted by atomic mass is 10.1. The fourth-order valence-electron chi connectivity index (χ4n) is 2.90. The van der Waals surface area contributed by atoms with Gasteiger partial charge < -0.3 is 9.73 Å². The molecule has 114 valence electrons. The monoisotopic (exact) mass is 304 g/mol. The van der Waals surface area contributed by atoms with Gasteiger partial charge in [-0.1, -0.05) is 25.1 Å². The number of fused-ring (bicyclic) bond motifs is 1. The Morgan fingerprint density at radius 3 is 3.05 bits per heavy atom. The number of para-hydroxylation sites is 1. The summed E-state index contributed by atoms with van der Waals surface area (Å²) in [5, 5.41) is 4.67. The number of nitrogens with zero attached hydrogens (tertiary/aromatic N) is 1. The number of nitrogens with one attached hydrogen (secondary N) is 1. The normalized spacial score (nSPS) is 20.2. The van der Waals surface area contributed by atoms with Crippen LogP contribution < -0.4 is 5.32 Å². The van der Waals surface area contributed by atoms with Crippen LogP contribution in [0.1, 0.15) is 25.2 Å². The minimum atomic E-state index is 0.643. The molecule has 1 atom stereocenters. The minimum absolute atomic E-state index is 0.643. The lowest BCUT2D eigenvalue weighted by molar-refractivity contribution is 0.223. The van der Waals surface area contributed by atoms with Crippen LogP contribution in [0.2, 0.25) is 0 Å². The predicted octanol–water partition coefficient (Wildman–Crippen LogP) is 3.48. The van der Waals surface area contributed by atoms with E-state index >= 15 is 0 Å². The van der Waals surface area contributed by atoms with E-state index in [-0.39, 0.29) is 0 Å². The van der Waals surface area contributed by atoms with Gasteiger partial charge in [0, 0.05) is 41.6 Å². The third-order valence-electron chi connectivity index (χ3n) is 4.18. The van der Waals surface area contributed by atoms with Crippen LogP contribution in [0.5, 0.6) is 0 Å². The Hall–Kier alpha value is -0.970. The number of rotatable bonds is 5. The van der Waals surface area contributed by atoms with Crippen LogP contribution in [0.4, 0.5) is 0 Å². The van der Waals surface area contributed by atoms with E-state index < -0.39 is 0 Å². The van der Waals surface area contributed by atoms with Gasteiger partial charge in [-0.3, -0.25) is 4.90 Å². The lowest BCUT2D eigenvalue weighted by Crippen LogP contribution is -2.39. The van der Waals surface area contributed by atoms with E-state index in [0.29, 0.717) is 6.04 Å². The van der Waals surface area contributed by atoms with Crippen molar-refractivity contribution in [1.82, 2.24) is 10.2 Å². The predicted molar refractivity (Wildman–Crippen MR) is 90.8 cm³/mol. The summed E-state index contributed by atoms with van der Waals surface area (Å²) >= 11 is 2.06. The molecule has 1 saturated heterocycles. The van der Waals surface area contributed by atoms with Gasteiger partial charge in [0.15, 0.2) is 0 Å². The number of hydrogen-bond donors (Lipinski definition) is 1. The highest BCUT2D eigenvalue weighted by Gasteiger charge is 2.22. The van der Waals surface area contributed by atoms with Crippen LogP contribution in [0.25, 0.3) is 11.0 Å². The summed E-state index contributed by atoms with van der Waals surface area (Å²) in [7, 11) is 0. The smallest absolute Gasteiger partial charge is 0.134 e. The summed E-state index contributed by atoms with van der Waals surface area (Å²) in [4.78, 5) is 2.59. The number of thioether (sulfide) groups is 1. The second kappa shape index (κ2) is 6.86. The highest BCUT2D eigenvalue weighted by Crippen LogP contribution is 2.29. The quantitative estimate of drug-likeness (QED) is 0.915. The van der Waals surface area contributed by atoms with Crippen molar-refractivity contribution in [3.05, 3.63) is 35.6 Å². The molecule has 2 aromatic rings. The molecule has 1 unspecified atom stereocenters. The van der Waals surface area contributed by atoms with Gasteiger partial charge in [-0.2, -0.15) is 11.8 Å². The Morgan fingerprint density at radius 2 is 2.24 bits per heavy atom. The van der Waals surface area contributed by atoms with E-state index in [9.17, 15) is 0 Å². The lowest BCUT2D eigenvalue weighted by Gasteiger charge is -2.32. The van der Waals surface area contributed by atoms with Crippen molar-refractivity contribution in [3.63, 3.8) is 0 Å². The van der Waals surface area contributed by atoms with Crippen LogP contribution in [0.3, 0.4) is 0 Å². The molecule has 0 amide bonds. The van der Waals surface area contributed by atoms with Crippen LogP contribution in [0.15, 0.2) is 28.7 Å². The molecule has 0 radical (unpaired) electrons. The maximum atomic E-state index is 6.08. The second-order valence-electron chi connectivity index (χ2n) is 5.67. The first kappa shape index (κ1) is 14.9. The first-order valence-electron chi connectivity index (χ1n) is 7.81. The van der Waals surface area contributed by atoms with Gasteiger partial charge in [0.25, 0.3) is 0 Å². The van der Waals surface area contributed by atoms with Crippen molar-refractivity contribution in [3.8, 4) is 0 Å². The maximum absolute atomic E-state index is 6.08. The molecule has 1 aromatic heterocycles. The summed E-state index contributed by atoms with van der Waals surface area (Å²) in [5.41, 5.74) is 2.38. The molecule has 0 bridgehead atoms. The molecule has 1 aromatic carbocycles. The van der Waals surface area contributed by atoms with E-state index in [2.05, 4.69) is 54.0 Å². The average molecular weight is 304 g/mol. The van der Waals surface area contributed by atoms with Gasteiger partial charge in [-0.05, 0) is 19.5 Å². The molecule has 2 heterocycles.